The molecule has 0 saturated carbocycles. The van der Waals surface area contributed by atoms with E-state index in [-0.39, 0.29) is 12.2 Å². The van der Waals surface area contributed by atoms with Crippen LogP contribution in [-0.2, 0) is 27.4 Å². The highest BCUT2D eigenvalue weighted by atomic mass is 31.2. The quantitative estimate of drug-likeness (QED) is 0.423. The molecule has 0 aromatic carbocycles. The fraction of sp³-hybridized carbons (Fsp3) is 0.600. The van der Waals surface area contributed by atoms with Gasteiger partial charge < -0.3 is 25.2 Å². The molecule has 15 heteroatoms. The van der Waals surface area contributed by atoms with Crippen LogP contribution in [-0.4, -0.2) is 50.2 Å². The van der Waals surface area contributed by atoms with Gasteiger partial charge in [0.15, 0.2) is 0 Å². The van der Waals surface area contributed by atoms with E-state index in [1.165, 1.54) is 12.3 Å². The summed E-state index contributed by atoms with van der Waals surface area (Å²) in [5.74, 6) is -0.0107. The van der Waals surface area contributed by atoms with Crippen molar-refractivity contribution in [1.82, 2.24) is 9.55 Å². The summed E-state index contributed by atoms with van der Waals surface area (Å²) < 4.78 is 42.5. The summed E-state index contributed by atoms with van der Waals surface area (Å²) >= 11 is 0. The standard InChI is InChI=1S/C10H17N3O10P2/c1-20-25(18,19)21-5-7-6(23-24(15,16)17)4-9(22-7)13-3-2-8(11)12-10(13)14/h2-3,6-7,9H,4-5H2,1H3,(H,18,19)(H2,11,12,14)(H2,15,16,17)/t6-,7-,9-/m1/s1. The monoisotopic (exact) mass is 401 g/mol. The van der Waals surface area contributed by atoms with Crippen LogP contribution >= 0.6 is 15.6 Å². The van der Waals surface area contributed by atoms with Crippen molar-refractivity contribution in [2.24, 2.45) is 0 Å². The Morgan fingerprint density at radius 1 is 1.44 bits per heavy atom. The molecule has 13 nitrogen and oxygen atoms in total. The summed E-state index contributed by atoms with van der Waals surface area (Å²) in [5, 5.41) is 0. The molecule has 4 atom stereocenters. The van der Waals surface area contributed by atoms with Crippen molar-refractivity contribution in [3.8, 4) is 0 Å². The Morgan fingerprint density at radius 2 is 2.12 bits per heavy atom. The van der Waals surface area contributed by atoms with Crippen molar-refractivity contribution in [3.05, 3.63) is 22.7 Å². The number of rotatable bonds is 7. The molecule has 0 spiro atoms. The lowest BCUT2D eigenvalue weighted by molar-refractivity contribution is -0.0450. The van der Waals surface area contributed by atoms with Crippen LogP contribution in [0.2, 0.25) is 0 Å². The molecule has 1 unspecified atom stereocenters. The third-order valence-electron chi connectivity index (χ3n) is 3.25. The maximum Gasteiger partial charge on any atom is 0.472 e. The molecule has 2 heterocycles. The van der Waals surface area contributed by atoms with E-state index in [4.69, 9.17) is 20.3 Å². The van der Waals surface area contributed by atoms with Gasteiger partial charge in [-0.15, -0.1) is 0 Å². The first-order valence-corrected chi connectivity index (χ1v) is 9.80. The zero-order chi connectivity index (χ0) is 18.8. The Bertz CT molecular complexity index is 764. The van der Waals surface area contributed by atoms with Crippen molar-refractivity contribution in [2.75, 3.05) is 19.5 Å². The number of nitrogens with zero attached hydrogens (tertiary/aromatic N) is 2. The van der Waals surface area contributed by atoms with Gasteiger partial charge in [-0.3, -0.25) is 18.1 Å². The first-order valence-electron chi connectivity index (χ1n) is 6.78. The maximum atomic E-state index is 11.9. The zero-order valence-electron chi connectivity index (χ0n) is 12.9. The predicted molar refractivity (Wildman–Crippen MR) is 81.1 cm³/mol. The van der Waals surface area contributed by atoms with Crippen LogP contribution in [0.25, 0.3) is 0 Å². The minimum Gasteiger partial charge on any atom is -0.383 e. The van der Waals surface area contributed by atoms with Crippen LogP contribution in [0.3, 0.4) is 0 Å². The molecule has 1 saturated heterocycles. The number of hydrogen-bond acceptors (Lipinski definition) is 9. The number of ether oxygens (including phenoxy) is 1. The Balaban J connectivity index is 2.19. The van der Waals surface area contributed by atoms with Gasteiger partial charge in [-0.1, -0.05) is 0 Å². The van der Waals surface area contributed by atoms with Gasteiger partial charge in [0.05, 0.1) is 6.61 Å². The van der Waals surface area contributed by atoms with Crippen molar-refractivity contribution >= 4 is 21.5 Å². The molecule has 0 amide bonds. The summed E-state index contributed by atoms with van der Waals surface area (Å²) in [7, 11) is -8.27. The fourth-order valence-electron chi connectivity index (χ4n) is 2.17. The second kappa shape index (κ2) is 7.62. The maximum absolute atomic E-state index is 11.9. The molecule has 0 aliphatic carbocycles. The van der Waals surface area contributed by atoms with E-state index in [0.29, 0.717) is 0 Å². The van der Waals surface area contributed by atoms with Crippen molar-refractivity contribution in [3.63, 3.8) is 0 Å². The Kier molecular flexibility index (Phi) is 6.15. The van der Waals surface area contributed by atoms with E-state index in [2.05, 4.69) is 18.6 Å². The second-order valence-electron chi connectivity index (χ2n) is 4.99. The van der Waals surface area contributed by atoms with Crippen LogP contribution in [0.4, 0.5) is 5.82 Å². The summed E-state index contributed by atoms with van der Waals surface area (Å²) in [5.41, 5.74) is 4.65. The Labute approximate surface area is 141 Å². The fourth-order valence-corrected chi connectivity index (χ4v) is 3.19. The minimum atomic E-state index is -4.88. The number of anilines is 1. The van der Waals surface area contributed by atoms with Crippen LogP contribution in [0.1, 0.15) is 12.6 Å². The predicted octanol–water partition coefficient (Wildman–Crippen LogP) is -0.646. The molecule has 5 N–H and O–H groups in total. The lowest BCUT2D eigenvalue weighted by Gasteiger charge is -2.20. The van der Waals surface area contributed by atoms with Gasteiger partial charge in [-0.25, -0.2) is 13.9 Å². The summed E-state index contributed by atoms with van der Waals surface area (Å²) in [4.78, 5) is 42.6. The normalized spacial score (nSPS) is 26.5. The van der Waals surface area contributed by atoms with E-state index in [1.54, 1.807) is 0 Å². The topological polar surface area (TPSA) is 193 Å². The van der Waals surface area contributed by atoms with Crippen LogP contribution in [0.5, 0.6) is 0 Å². The van der Waals surface area contributed by atoms with Gasteiger partial charge in [0.2, 0.25) is 0 Å². The molecule has 1 aromatic rings. The number of phosphoric ester groups is 2. The average Bonchev–Trinajstić information content (AvgIpc) is 2.86. The van der Waals surface area contributed by atoms with Crippen molar-refractivity contribution in [1.29, 1.82) is 0 Å². The van der Waals surface area contributed by atoms with E-state index in [9.17, 15) is 18.8 Å². The molecule has 142 valence electrons. The first-order chi connectivity index (χ1) is 11.5. The number of hydrogen-bond donors (Lipinski definition) is 4. The molecular formula is C10H17N3O10P2. The molecule has 1 aromatic heterocycles. The smallest absolute Gasteiger partial charge is 0.383 e. The molecule has 1 aliphatic heterocycles. The lowest BCUT2D eigenvalue weighted by Crippen LogP contribution is -2.29. The van der Waals surface area contributed by atoms with Gasteiger partial charge in [0.1, 0.15) is 24.3 Å². The summed E-state index contributed by atoms with van der Waals surface area (Å²) in [6.45, 7) is -0.570. The van der Waals surface area contributed by atoms with Crippen LogP contribution in [0, 0.1) is 0 Å². The third-order valence-corrected chi connectivity index (χ3v) is 4.73. The van der Waals surface area contributed by atoms with E-state index in [1.807, 2.05) is 0 Å². The Morgan fingerprint density at radius 3 is 2.68 bits per heavy atom. The molecular weight excluding hydrogens is 384 g/mol. The minimum absolute atomic E-state index is 0.0107. The van der Waals surface area contributed by atoms with Gasteiger partial charge in [0, 0.05) is 19.7 Å². The molecule has 25 heavy (non-hydrogen) atoms. The molecule has 0 radical (unpaired) electrons. The zero-order valence-corrected chi connectivity index (χ0v) is 14.7. The van der Waals surface area contributed by atoms with Crippen molar-refractivity contribution < 1.29 is 42.1 Å². The first kappa shape index (κ1) is 20.2. The summed E-state index contributed by atoms with van der Waals surface area (Å²) in [6.07, 6.45) is -2.22. The van der Waals surface area contributed by atoms with E-state index in [0.717, 1.165) is 11.7 Å². The average molecular weight is 401 g/mol. The highest BCUT2D eigenvalue weighted by molar-refractivity contribution is 7.47. The molecule has 1 fully saturated rings. The molecule has 2 rings (SSSR count). The highest BCUT2D eigenvalue weighted by Gasteiger charge is 2.42. The number of nitrogens with two attached hydrogens (primary N) is 1. The van der Waals surface area contributed by atoms with E-state index < -0.39 is 46.4 Å². The summed E-state index contributed by atoms with van der Waals surface area (Å²) in [6, 6.07) is 1.33. The number of aromatic nitrogens is 2. The van der Waals surface area contributed by atoms with Crippen LogP contribution in [0.15, 0.2) is 17.1 Å². The Hall–Kier alpha value is -1.14. The van der Waals surface area contributed by atoms with Crippen molar-refractivity contribution in [2.45, 2.75) is 24.9 Å². The van der Waals surface area contributed by atoms with Gasteiger partial charge in [-0.2, -0.15) is 4.98 Å². The van der Waals surface area contributed by atoms with Crippen LogP contribution < -0.4 is 11.4 Å². The largest absolute Gasteiger partial charge is 0.472 e. The van der Waals surface area contributed by atoms with Gasteiger partial charge in [-0.05, 0) is 6.07 Å². The van der Waals surface area contributed by atoms with Gasteiger partial charge >= 0.3 is 21.3 Å². The second-order valence-corrected chi connectivity index (χ2v) is 7.74. The SMILES string of the molecule is COP(=O)(O)OC[C@H]1O[C@@H](n2ccc(N)nc2=O)C[C@H]1OP(=O)(O)O. The number of phosphoric acid groups is 2. The number of nitrogen functional groups attached to an aromatic ring is 1. The molecule has 0 bridgehead atoms. The highest BCUT2D eigenvalue weighted by Crippen LogP contribution is 2.46. The molecule has 1 aliphatic rings. The van der Waals surface area contributed by atoms with E-state index >= 15 is 0 Å². The third kappa shape index (κ3) is 5.68. The van der Waals surface area contributed by atoms with Gasteiger partial charge in [0.25, 0.3) is 0 Å². The lowest BCUT2D eigenvalue weighted by atomic mass is 10.2.